The third-order valence-corrected chi connectivity index (χ3v) is 4.15. The lowest BCUT2D eigenvalue weighted by Crippen LogP contribution is -1.93. The Bertz CT molecular complexity index is 1010. The summed E-state index contributed by atoms with van der Waals surface area (Å²) in [6.45, 7) is 3.75. The number of allylic oxidation sites excluding steroid dienone is 1. The summed E-state index contributed by atoms with van der Waals surface area (Å²) >= 11 is 4.51. The van der Waals surface area contributed by atoms with E-state index in [1.165, 1.54) is 12.1 Å². The molecule has 0 aromatic heterocycles. The molecule has 3 aromatic carbocycles. The molecule has 0 saturated heterocycles. The molecule has 0 fully saturated rings. The zero-order chi connectivity index (χ0) is 18.5. The number of thiocarbonyl (C=S) groups is 1. The van der Waals surface area contributed by atoms with Crippen LogP contribution in [-0.2, 0) is 6.42 Å². The second-order valence-electron chi connectivity index (χ2n) is 5.70. The summed E-state index contributed by atoms with van der Waals surface area (Å²) in [5.74, 6) is -1.53. The molecule has 26 heavy (non-hydrogen) atoms. The van der Waals surface area contributed by atoms with Gasteiger partial charge in [-0.25, -0.2) is 8.78 Å². The quantitative estimate of drug-likeness (QED) is 0.277. The Morgan fingerprint density at radius 1 is 0.962 bits per heavy atom. The minimum Gasteiger partial charge on any atom is -0.204 e. The van der Waals surface area contributed by atoms with Crippen LogP contribution in [0.1, 0.15) is 5.56 Å². The van der Waals surface area contributed by atoms with Crippen LogP contribution < -0.4 is 0 Å². The number of aliphatic imine (C=N–C) groups is 1. The van der Waals surface area contributed by atoms with Crippen LogP contribution in [0.2, 0.25) is 0 Å². The molecule has 3 rings (SSSR count). The molecule has 0 amide bonds. The zero-order valence-electron chi connectivity index (χ0n) is 13.9. The fourth-order valence-corrected chi connectivity index (χ4v) is 2.97. The number of rotatable bonds is 5. The molecular weight excluding hydrogens is 348 g/mol. The first-order chi connectivity index (χ1) is 12.7. The van der Waals surface area contributed by atoms with Gasteiger partial charge in [-0.2, -0.15) is 4.99 Å². The summed E-state index contributed by atoms with van der Waals surface area (Å²) in [4.78, 5) is 3.55. The largest absolute Gasteiger partial charge is 0.204 e. The molecule has 0 aliphatic carbocycles. The second-order valence-corrected chi connectivity index (χ2v) is 5.88. The molecule has 0 unspecified atom stereocenters. The van der Waals surface area contributed by atoms with Crippen LogP contribution >= 0.6 is 12.2 Å². The maximum atomic E-state index is 15.0. The van der Waals surface area contributed by atoms with Crippen molar-refractivity contribution in [2.45, 2.75) is 6.42 Å². The van der Waals surface area contributed by atoms with Crippen molar-refractivity contribution in [3.05, 3.63) is 90.5 Å². The van der Waals surface area contributed by atoms with Gasteiger partial charge < -0.3 is 0 Å². The Hall–Kier alpha value is -2.94. The summed E-state index contributed by atoms with van der Waals surface area (Å²) in [5, 5.41) is 2.04. The lowest BCUT2D eigenvalue weighted by Gasteiger charge is -2.14. The van der Waals surface area contributed by atoms with Gasteiger partial charge in [0.2, 0.25) is 0 Å². The summed E-state index contributed by atoms with van der Waals surface area (Å²) in [5.41, 5.74) is 3.27. The SMILES string of the molecule is C=CCc1ccc(-c2ccccc2)c(-c2ccc(F)c(N=C=S)c2F)c1. The Kier molecular flexibility index (Phi) is 5.47. The van der Waals surface area contributed by atoms with Crippen molar-refractivity contribution in [2.24, 2.45) is 4.99 Å². The highest BCUT2D eigenvalue weighted by Gasteiger charge is 2.17. The van der Waals surface area contributed by atoms with Crippen molar-refractivity contribution in [3.63, 3.8) is 0 Å². The first kappa shape index (κ1) is 17.9. The number of nitrogens with zero attached hydrogens (tertiary/aromatic N) is 1. The molecule has 0 spiro atoms. The van der Waals surface area contributed by atoms with Gasteiger partial charge in [0.05, 0.1) is 5.16 Å². The molecule has 128 valence electrons. The van der Waals surface area contributed by atoms with Gasteiger partial charge in [-0.3, -0.25) is 0 Å². The standard InChI is InChI=1S/C22H15F2NS/c1-2-6-15-9-10-17(16-7-4-3-5-8-16)19(13-15)18-11-12-20(23)22(21(18)24)25-14-26/h2-5,7-13H,1,6H2. The zero-order valence-corrected chi connectivity index (χ0v) is 14.7. The fraction of sp³-hybridized carbons (Fsp3) is 0.0455. The van der Waals surface area contributed by atoms with E-state index in [9.17, 15) is 8.78 Å². The summed E-state index contributed by atoms with van der Waals surface area (Å²) in [6, 6.07) is 18.1. The van der Waals surface area contributed by atoms with Gasteiger partial charge in [0, 0.05) is 5.56 Å². The molecule has 1 nitrogen and oxygen atoms in total. The number of isothiocyanates is 1. The van der Waals surface area contributed by atoms with Crippen LogP contribution in [-0.4, -0.2) is 5.16 Å². The molecule has 0 atom stereocenters. The van der Waals surface area contributed by atoms with E-state index in [1.807, 2.05) is 53.7 Å². The normalized spacial score (nSPS) is 10.2. The minimum absolute atomic E-state index is 0.264. The van der Waals surface area contributed by atoms with Crippen LogP contribution in [0.15, 0.2) is 78.3 Å². The average molecular weight is 363 g/mol. The fourth-order valence-electron chi connectivity index (χ4n) is 2.87. The Morgan fingerprint density at radius 2 is 1.69 bits per heavy atom. The highest BCUT2D eigenvalue weighted by Crippen LogP contribution is 2.38. The summed E-state index contributed by atoms with van der Waals surface area (Å²) < 4.78 is 28.9. The Balaban J connectivity index is 2.29. The van der Waals surface area contributed by atoms with Crippen LogP contribution in [0.25, 0.3) is 22.3 Å². The van der Waals surface area contributed by atoms with Crippen LogP contribution in [0.4, 0.5) is 14.5 Å². The molecule has 0 aliphatic rings. The van der Waals surface area contributed by atoms with Gasteiger partial charge in [-0.1, -0.05) is 54.6 Å². The van der Waals surface area contributed by atoms with Gasteiger partial charge in [-0.05, 0) is 53.0 Å². The van der Waals surface area contributed by atoms with Crippen LogP contribution in [0, 0.1) is 11.6 Å². The topological polar surface area (TPSA) is 12.4 Å². The molecular formula is C22H15F2NS. The van der Waals surface area contributed by atoms with E-state index in [2.05, 4.69) is 23.8 Å². The van der Waals surface area contributed by atoms with E-state index in [-0.39, 0.29) is 5.56 Å². The van der Waals surface area contributed by atoms with E-state index in [1.54, 1.807) is 6.08 Å². The maximum Gasteiger partial charge on any atom is 0.160 e. The van der Waals surface area contributed by atoms with Gasteiger partial charge in [0.15, 0.2) is 11.6 Å². The first-order valence-corrected chi connectivity index (χ1v) is 8.42. The molecule has 0 saturated carbocycles. The third kappa shape index (κ3) is 3.52. The Labute approximate surface area is 156 Å². The Morgan fingerprint density at radius 3 is 2.38 bits per heavy atom. The van der Waals surface area contributed by atoms with E-state index in [0.29, 0.717) is 12.0 Å². The molecule has 0 heterocycles. The molecule has 4 heteroatoms. The van der Waals surface area contributed by atoms with Gasteiger partial charge in [0.1, 0.15) is 5.69 Å². The predicted octanol–water partition coefficient (Wildman–Crippen LogP) is 6.76. The van der Waals surface area contributed by atoms with Crippen molar-refractivity contribution < 1.29 is 8.78 Å². The van der Waals surface area contributed by atoms with Crippen molar-refractivity contribution in [2.75, 3.05) is 0 Å². The lowest BCUT2D eigenvalue weighted by atomic mass is 9.91. The van der Waals surface area contributed by atoms with E-state index in [0.717, 1.165) is 16.7 Å². The van der Waals surface area contributed by atoms with Crippen molar-refractivity contribution in [1.29, 1.82) is 0 Å². The summed E-state index contributed by atoms with van der Waals surface area (Å²) in [7, 11) is 0. The number of hydrogen-bond acceptors (Lipinski definition) is 2. The van der Waals surface area contributed by atoms with Gasteiger partial charge in [-0.15, -0.1) is 6.58 Å². The van der Waals surface area contributed by atoms with Crippen molar-refractivity contribution in [3.8, 4) is 22.3 Å². The number of hydrogen-bond donors (Lipinski definition) is 0. The third-order valence-electron chi connectivity index (χ3n) is 4.06. The summed E-state index contributed by atoms with van der Waals surface area (Å²) in [6.07, 6.45) is 2.43. The minimum atomic E-state index is -0.771. The highest BCUT2D eigenvalue weighted by atomic mass is 32.1. The first-order valence-electron chi connectivity index (χ1n) is 8.01. The maximum absolute atomic E-state index is 15.0. The number of halogens is 2. The molecule has 0 radical (unpaired) electrons. The van der Waals surface area contributed by atoms with Crippen LogP contribution in [0.5, 0.6) is 0 Å². The van der Waals surface area contributed by atoms with Gasteiger partial charge in [0.25, 0.3) is 0 Å². The second kappa shape index (κ2) is 7.96. The smallest absolute Gasteiger partial charge is 0.160 e. The van der Waals surface area contributed by atoms with Gasteiger partial charge >= 0.3 is 0 Å². The predicted molar refractivity (Wildman–Crippen MR) is 106 cm³/mol. The lowest BCUT2D eigenvalue weighted by molar-refractivity contribution is 0.590. The van der Waals surface area contributed by atoms with Crippen LogP contribution in [0.3, 0.4) is 0 Å². The average Bonchev–Trinajstić information content (AvgIpc) is 2.66. The van der Waals surface area contributed by atoms with E-state index >= 15 is 0 Å². The number of benzene rings is 3. The van der Waals surface area contributed by atoms with Crippen molar-refractivity contribution >= 4 is 23.1 Å². The molecule has 0 N–H and O–H groups in total. The monoisotopic (exact) mass is 363 g/mol. The van der Waals surface area contributed by atoms with Crippen molar-refractivity contribution in [1.82, 2.24) is 0 Å². The highest BCUT2D eigenvalue weighted by molar-refractivity contribution is 7.78. The van der Waals surface area contributed by atoms with E-state index < -0.39 is 17.3 Å². The molecule has 0 aliphatic heterocycles. The van der Waals surface area contributed by atoms with E-state index in [4.69, 9.17) is 0 Å². The molecule has 0 bridgehead atoms. The molecule has 3 aromatic rings.